The van der Waals surface area contributed by atoms with Crippen molar-refractivity contribution in [1.29, 1.82) is 0 Å². The first-order valence-electron chi connectivity index (χ1n) is 5.51. The summed E-state index contributed by atoms with van der Waals surface area (Å²) in [5.41, 5.74) is 1.41. The molecule has 2 rings (SSSR count). The van der Waals surface area contributed by atoms with Gasteiger partial charge in [0.1, 0.15) is 6.61 Å². The number of hydrogen-bond acceptors (Lipinski definition) is 4. The predicted molar refractivity (Wildman–Crippen MR) is 65.5 cm³/mol. The van der Waals surface area contributed by atoms with Gasteiger partial charge in [0, 0.05) is 6.54 Å². The van der Waals surface area contributed by atoms with Crippen molar-refractivity contribution in [2.45, 2.75) is 6.54 Å². The first kappa shape index (κ1) is 14.0. The summed E-state index contributed by atoms with van der Waals surface area (Å²) in [7, 11) is 1.85. The van der Waals surface area contributed by atoms with E-state index in [-0.39, 0.29) is 6.09 Å². The highest BCUT2D eigenvalue weighted by Crippen LogP contribution is 2.03. The summed E-state index contributed by atoms with van der Waals surface area (Å²) in [5.74, 6) is -0.883. The summed E-state index contributed by atoms with van der Waals surface area (Å²) in [4.78, 5) is 20.4. The number of hydrogen-bond donors (Lipinski definition) is 3. The first-order chi connectivity index (χ1) is 8.63. The van der Waals surface area contributed by atoms with E-state index in [1.54, 1.807) is 24.3 Å². The third-order valence-electron chi connectivity index (χ3n) is 2.19. The number of rotatable bonds is 3. The molecule has 0 spiro atoms. The fraction of sp³-hybridized carbons (Fsp3) is 0.333. The number of aromatic carboxylic acids is 1. The molecule has 1 saturated heterocycles. The minimum Gasteiger partial charge on any atom is -0.478 e. The Kier molecular flexibility index (Phi) is 5.66. The molecular formula is C12H16N2O4. The Hall–Kier alpha value is -2.08. The maximum atomic E-state index is 10.5. The van der Waals surface area contributed by atoms with Crippen LogP contribution in [0, 0.1) is 0 Å². The van der Waals surface area contributed by atoms with E-state index >= 15 is 0 Å². The molecule has 0 unspecified atom stereocenters. The van der Waals surface area contributed by atoms with Crippen LogP contribution in [-0.2, 0) is 11.3 Å². The summed E-state index contributed by atoms with van der Waals surface area (Å²) in [6.45, 7) is 1.96. The van der Waals surface area contributed by atoms with E-state index in [0.717, 1.165) is 12.1 Å². The molecule has 0 bridgehead atoms. The number of carbonyl (C=O) groups is 2. The van der Waals surface area contributed by atoms with Gasteiger partial charge < -0.3 is 20.5 Å². The second-order valence-corrected chi connectivity index (χ2v) is 3.60. The van der Waals surface area contributed by atoms with E-state index in [0.29, 0.717) is 18.7 Å². The van der Waals surface area contributed by atoms with Gasteiger partial charge in [-0.05, 0) is 24.7 Å². The molecule has 1 aliphatic heterocycles. The maximum absolute atomic E-state index is 10.5. The number of nitrogens with one attached hydrogen (secondary N) is 2. The molecule has 0 saturated carbocycles. The standard InChI is InChI=1S/C9H11NO2.C3H5NO2/c1-10-6-7-2-4-8(5-3-7)9(11)12;5-3-4-1-2-6-3/h2-5,10H,6H2,1H3,(H,11,12);1-2H2,(H,4,5). The summed E-state index contributed by atoms with van der Waals surface area (Å²) in [5, 5.41) is 14.0. The van der Waals surface area contributed by atoms with Crippen LogP contribution >= 0.6 is 0 Å². The van der Waals surface area contributed by atoms with Gasteiger partial charge in [-0.3, -0.25) is 0 Å². The molecule has 0 aliphatic carbocycles. The Bertz CT molecular complexity index is 395. The van der Waals surface area contributed by atoms with E-state index in [9.17, 15) is 9.59 Å². The smallest absolute Gasteiger partial charge is 0.407 e. The summed E-state index contributed by atoms with van der Waals surface area (Å²) in [6, 6.07) is 6.82. The third-order valence-corrected chi connectivity index (χ3v) is 2.19. The Morgan fingerprint density at radius 2 is 2.11 bits per heavy atom. The Morgan fingerprint density at radius 1 is 1.44 bits per heavy atom. The second-order valence-electron chi connectivity index (χ2n) is 3.60. The Morgan fingerprint density at radius 3 is 2.44 bits per heavy atom. The van der Waals surface area contributed by atoms with Gasteiger partial charge in [-0.1, -0.05) is 12.1 Å². The van der Waals surface area contributed by atoms with Gasteiger partial charge in [0.05, 0.1) is 12.1 Å². The molecule has 18 heavy (non-hydrogen) atoms. The molecule has 98 valence electrons. The van der Waals surface area contributed by atoms with Crippen LogP contribution in [0.25, 0.3) is 0 Å². The average Bonchev–Trinajstić information content (AvgIpc) is 2.82. The lowest BCUT2D eigenvalue weighted by molar-refractivity contribution is 0.0697. The number of ether oxygens (including phenoxy) is 1. The number of carboxylic acids is 1. The van der Waals surface area contributed by atoms with Crippen molar-refractivity contribution in [3.63, 3.8) is 0 Å². The van der Waals surface area contributed by atoms with Crippen LogP contribution in [0.5, 0.6) is 0 Å². The van der Waals surface area contributed by atoms with E-state index in [4.69, 9.17) is 5.11 Å². The van der Waals surface area contributed by atoms with Gasteiger partial charge in [0.15, 0.2) is 0 Å². The topological polar surface area (TPSA) is 87.7 Å². The third kappa shape index (κ3) is 4.84. The van der Waals surface area contributed by atoms with Crippen molar-refractivity contribution in [3.05, 3.63) is 35.4 Å². The van der Waals surface area contributed by atoms with Crippen molar-refractivity contribution < 1.29 is 19.4 Å². The lowest BCUT2D eigenvalue weighted by Crippen LogP contribution is -2.11. The molecule has 1 aliphatic rings. The molecule has 1 aromatic rings. The van der Waals surface area contributed by atoms with E-state index in [1.165, 1.54) is 0 Å². The fourth-order valence-corrected chi connectivity index (χ4v) is 1.32. The molecule has 1 heterocycles. The minimum absolute atomic E-state index is 0.296. The normalized spacial score (nSPS) is 13.1. The van der Waals surface area contributed by atoms with E-state index < -0.39 is 5.97 Å². The lowest BCUT2D eigenvalue weighted by atomic mass is 10.1. The van der Waals surface area contributed by atoms with Gasteiger partial charge in [-0.2, -0.15) is 0 Å². The van der Waals surface area contributed by atoms with Crippen LogP contribution in [-0.4, -0.2) is 37.4 Å². The predicted octanol–water partition coefficient (Wildman–Crippen LogP) is 0.830. The van der Waals surface area contributed by atoms with Gasteiger partial charge >= 0.3 is 12.1 Å². The molecule has 0 radical (unpaired) electrons. The van der Waals surface area contributed by atoms with Crippen molar-refractivity contribution in [3.8, 4) is 0 Å². The van der Waals surface area contributed by atoms with Crippen LogP contribution in [0.2, 0.25) is 0 Å². The van der Waals surface area contributed by atoms with E-state index in [2.05, 4.69) is 15.4 Å². The molecule has 1 amide bonds. The van der Waals surface area contributed by atoms with Crippen molar-refractivity contribution in [2.24, 2.45) is 0 Å². The summed E-state index contributed by atoms with van der Waals surface area (Å²) in [6.07, 6.45) is -0.296. The van der Waals surface area contributed by atoms with Gasteiger partial charge in [-0.25, -0.2) is 9.59 Å². The van der Waals surface area contributed by atoms with Crippen LogP contribution in [0.1, 0.15) is 15.9 Å². The van der Waals surface area contributed by atoms with Gasteiger partial charge in [0.2, 0.25) is 0 Å². The highest BCUT2D eigenvalue weighted by Gasteiger charge is 2.06. The number of cyclic esters (lactones) is 1. The zero-order valence-corrected chi connectivity index (χ0v) is 10.1. The SMILES string of the molecule is CNCc1ccc(C(=O)O)cc1.O=C1NCCO1. The molecule has 1 fully saturated rings. The highest BCUT2D eigenvalue weighted by atomic mass is 16.6. The number of amides is 1. The zero-order chi connectivity index (χ0) is 13.4. The zero-order valence-electron chi connectivity index (χ0n) is 10.1. The number of benzene rings is 1. The Balaban J connectivity index is 0.000000225. The molecular weight excluding hydrogens is 236 g/mol. The van der Waals surface area contributed by atoms with Crippen molar-refractivity contribution in [2.75, 3.05) is 20.2 Å². The lowest BCUT2D eigenvalue weighted by Gasteiger charge is -1.99. The highest BCUT2D eigenvalue weighted by molar-refractivity contribution is 5.87. The van der Waals surface area contributed by atoms with Gasteiger partial charge in [-0.15, -0.1) is 0 Å². The second kappa shape index (κ2) is 7.29. The maximum Gasteiger partial charge on any atom is 0.407 e. The number of alkyl carbamates (subject to hydrolysis) is 1. The van der Waals surface area contributed by atoms with Gasteiger partial charge in [0.25, 0.3) is 0 Å². The molecule has 1 aromatic carbocycles. The average molecular weight is 252 g/mol. The molecule has 3 N–H and O–H groups in total. The summed E-state index contributed by atoms with van der Waals surface area (Å²) < 4.78 is 4.40. The Labute approximate surface area is 105 Å². The van der Waals surface area contributed by atoms with Crippen LogP contribution in [0.4, 0.5) is 4.79 Å². The largest absolute Gasteiger partial charge is 0.478 e. The summed E-state index contributed by atoms with van der Waals surface area (Å²) >= 11 is 0. The number of carboxylic acid groups (broad SMARTS) is 1. The molecule has 0 aromatic heterocycles. The van der Waals surface area contributed by atoms with Crippen LogP contribution in [0.3, 0.4) is 0 Å². The minimum atomic E-state index is -0.883. The molecule has 6 nitrogen and oxygen atoms in total. The molecule has 6 heteroatoms. The van der Waals surface area contributed by atoms with E-state index in [1.807, 2.05) is 7.05 Å². The number of carbonyl (C=O) groups excluding carboxylic acids is 1. The van der Waals surface area contributed by atoms with Crippen molar-refractivity contribution in [1.82, 2.24) is 10.6 Å². The van der Waals surface area contributed by atoms with Crippen molar-refractivity contribution >= 4 is 12.1 Å². The molecule has 0 atom stereocenters. The fourth-order valence-electron chi connectivity index (χ4n) is 1.32. The first-order valence-corrected chi connectivity index (χ1v) is 5.51. The van der Waals surface area contributed by atoms with Crippen LogP contribution < -0.4 is 10.6 Å². The van der Waals surface area contributed by atoms with Crippen LogP contribution in [0.15, 0.2) is 24.3 Å². The monoisotopic (exact) mass is 252 g/mol. The quantitative estimate of drug-likeness (QED) is 0.741.